The largest absolute Gasteiger partial charge is 0.416 e. The number of hydrogen-bond donors (Lipinski definition) is 3. The molecule has 2 aliphatic rings. The Hall–Kier alpha value is -4.94. The zero-order chi connectivity index (χ0) is 35.8. The normalized spacial score (nSPS) is 15.3. The lowest BCUT2D eigenvalue weighted by Gasteiger charge is -2.29. The molecule has 0 spiro atoms. The highest BCUT2D eigenvalue weighted by Crippen LogP contribution is 2.34. The predicted octanol–water partition coefficient (Wildman–Crippen LogP) is 6.99. The van der Waals surface area contributed by atoms with Crippen LogP contribution in [0.5, 0.6) is 0 Å². The second kappa shape index (κ2) is 16.4. The Labute approximate surface area is 296 Å². The smallest absolute Gasteiger partial charge is 0.384 e. The molecule has 0 radical (unpaired) electrons. The Kier molecular flexibility index (Phi) is 11.5. The highest BCUT2D eigenvalue weighted by Gasteiger charge is 2.30. The van der Waals surface area contributed by atoms with Crippen LogP contribution in [-0.2, 0) is 17.5 Å². The van der Waals surface area contributed by atoms with Crippen molar-refractivity contribution >= 4 is 28.9 Å². The van der Waals surface area contributed by atoms with Gasteiger partial charge in [0.05, 0.1) is 30.2 Å². The summed E-state index contributed by atoms with van der Waals surface area (Å²) >= 11 is 0. The summed E-state index contributed by atoms with van der Waals surface area (Å²) in [5.74, 6) is -0.737. The van der Waals surface area contributed by atoms with Gasteiger partial charge in [0.15, 0.2) is 0 Å². The molecule has 0 atom stereocenters. The lowest BCUT2D eigenvalue weighted by atomic mass is 10.0. The van der Waals surface area contributed by atoms with Crippen LogP contribution >= 0.6 is 0 Å². The number of pyridine rings is 1. The van der Waals surface area contributed by atoms with E-state index in [1.54, 1.807) is 12.1 Å². The van der Waals surface area contributed by atoms with E-state index in [2.05, 4.69) is 30.7 Å². The minimum Gasteiger partial charge on any atom is -0.384 e. The maximum Gasteiger partial charge on any atom is 0.416 e. The molecule has 2 saturated heterocycles. The summed E-state index contributed by atoms with van der Waals surface area (Å²) in [5, 5.41) is 9.27. The molecule has 1 aromatic heterocycles. The van der Waals surface area contributed by atoms with Crippen molar-refractivity contribution in [1.29, 1.82) is 0 Å². The van der Waals surface area contributed by atoms with Crippen molar-refractivity contribution in [3.8, 4) is 11.3 Å². The number of nitrogens with zero attached hydrogens (tertiary/aromatic N) is 3. The molecule has 4 aromatic rings. The number of carbonyl (C=O) groups is 2. The number of ether oxygens (including phenoxy) is 1. The molecule has 2 aliphatic heterocycles. The van der Waals surface area contributed by atoms with Crippen LogP contribution in [0.15, 0.2) is 79.0 Å². The van der Waals surface area contributed by atoms with Gasteiger partial charge in [0, 0.05) is 80.1 Å². The number of aromatic nitrogens is 1. The van der Waals surface area contributed by atoms with Crippen molar-refractivity contribution in [3.05, 3.63) is 107 Å². The van der Waals surface area contributed by atoms with E-state index in [9.17, 15) is 22.8 Å². The zero-order valence-electron chi connectivity index (χ0n) is 28.7. The molecule has 3 N–H and O–H groups in total. The average Bonchev–Trinajstić information content (AvgIpc) is 3.14. The van der Waals surface area contributed by atoms with Crippen LogP contribution in [0.1, 0.15) is 56.7 Å². The maximum absolute atomic E-state index is 13.8. The number of morpholine rings is 1. The number of piperidine rings is 1. The fourth-order valence-electron chi connectivity index (χ4n) is 6.46. The fraction of sp³-hybridized carbons (Fsp3) is 0.359. The summed E-state index contributed by atoms with van der Waals surface area (Å²) in [5.41, 5.74) is 4.82. The van der Waals surface area contributed by atoms with Crippen molar-refractivity contribution in [2.24, 2.45) is 0 Å². The van der Waals surface area contributed by atoms with Gasteiger partial charge in [-0.25, -0.2) is 0 Å². The number of alkyl halides is 3. The van der Waals surface area contributed by atoms with Crippen LogP contribution in [-0.4, -0.2) is 74.2 Å². The van der Waals surface area contributed by atoms with Crippen molar-refractivity contribution < 1.29 is 27.5 Å². The van der Waals surface area contributed by atoms with Crippen molar-refractivity contribution in [2.45, 2.75) is 38.9 Å². The van der Waals surface area contributed by atoms with Crippen LogP contribution < -0.4 is 20.9 Å². The van der Waals surface area contributed by atoms with E-state index in [-0.39, 0.29) is 12.5 Å². The van der Waals surface area contributed by atoms with Gasteiger partial charge in [0.25, 0.3) is 11.8 Å². The molecule has 6 rings (SSSR count). The lowest BCUT2D eigenvalue weighted by molar-refractivity contribution is -0.137. The van der Waals surface area contributed by atoms with Gasteiger partial charge in [-0.1, -0.05) is 12.1 Å². The Morgan fingerprint density at radius 2 is 1.67 bits per heavy atom. The average molecular weight is 701 g/mol. The summed E-state index contributed by atoms with van der Waals surface area (Å²) < 4.78 is 45.0. The summed E-state index contributed by atoms with van der Waals surface area (Å²) in [6, 6.07) is 19.6. The predicted molar refractivity (Wildman–Crippen MR) is 193 cm³/mol. The Morgan fingerprint density at radius 1 is 0.863 bits per heavy atom. The molecular weight excluding hydrogens is 657 g/mol. The third kappa shape index (κ3) is 9.65. The van der Waals surface area contributed by atoms with E-state index in [0.29, 0.717) is 33.6 Å². The summed E-state index contributed by atoms with van der Waals surface area (Å²) in [6.45, 7) is 8.63. The first-order valence-corrected chi connectivity index (χ1v) is 17.4. The molecule has 268 valence electrons. The lowest BCUT2D eigenvalue weighted by Crippen LogP contribution is -2.39. The van der Waals surface area contributed by atoms with Crippen molar-refractivity contribution in [3.63, 3.8) is 0 Å². The third-order valence-electron chi connectivity index (χ3n) is 9.18. The first-order valence-electron chi connectivity index (χ1n) is 17.4. The highest BCUT2D eigenvalue weighted by atomic mass is 19.4. The number of halogens is 3. The molecule has 2 amide bonds. The Balaban J connectivity index is 1.21. The zero-order valence-corrected chi connectivity index (χ0v) is 28.7. The van der Waals surface area contributed by atoms with E-state index in [1.165, 1.54) is 24.8 Å². The van der Waals surface area contributed by atoms with E-state index in [1.807, 2.05) is 43.3 Å². The number of rotatable bonds is 11. The van der Waals surface area contributed by atoms with Gasteiger partial charge in [0.1, 0.15) is 0 Å². The second-order valence-corrected chi connectivity index (χ2v) is 13.0. The van der Waals surface area contributed by atoms with Crippen molar-refractivity contribution in [1.82, 2.24) is 15.2 Å². The van der Waals surface area contributed by atoms with Crippen LogP contribution in [0.2, 0.25) is 0 Å². The quantitative estimate of drug-likeness (QED) is 0.155. The van der Waals surface area contributed by atoms with Crippen LogP contribution in [0.3, 0.4) is 0 Å². The number of anilines is 3. The Morgan fingerprint density at radius 3 is 2.45 bits per heavy atom. The van der Waals surface area contributed by atoms with Crippen molar-refractivity contribution in [2.75, 3.05) is 68.0 Å². The van der Waals surface area contributed by atoms with E-state index in [4.69, 9.17) is 4.74 Å². The number of carbonyl (C=O) groups excluding carboxylic acids is 2. The van der Waals surface area contributed by atoms with E-state index < -0.39 is 17.6 Å². The molecule has 2 fully saturated rings. The van der Waals surface area contributed by atoms with Gasteiger partial charge in [-0.05, 0) is 98.0 Å². The first-order chi connectivity index (χ1) is 24.6. The van der Waals surface area contributed by atoms with E-state index >= 15 is 0 Å². The summed E-state index contributed by atoms with van der Waals surface area (Å²) in [7, 11) is 0. The molecule has 0 unspecified atom stereocenters. The van der Waals surface area contributed by atoms with Gasteiger partial charge >= 0.3 is 6.18 Å². The summed E-state index contributed by atoms with van der Waals surface area (Å²) in [6.07, 6.45) is 0.394. The Bertz CT molecular complexity index is 1840. The van der Waals surface area contributed by atoms with Gasteiger partial charge in [-0.2, -0.15) is 13.2 Å². The van der Waals surface area contributed by atoms with Crippen LogP contribution in [0.4, 0.5) is 30.2 Å². The molecular formula is C39H43F3N6O3. The number of hydrogen-bond acceptors (Lipinski definition) is 7. The summed E-state index contributed by atoms with van der Waals surface area (Å²) in [4.78, 5) is 36.2. The molecule has 0 aliphatic carbocycles. The monoisotopic (exact) mass is 700 g/mol. The molecule has 0 bridgehead atoms. The molecule has 0 saturated carbocycles. The maximum atomic E-state index is 13.8. The standard InChI is InChI=1S/C39H43F3N6O3/c1-27-20-30(23-32(21-27)43-12-15-47-16-18-51-19-17-47)38(50)46-35-9-8-33(48-13-3-2-4-14-48)25-34(35)36-24-29(10-11-44-36)37(49)45-26-28-6-5-7-31(22-28)39(40,41)42/h5-11,20-25,43H,2-4,12-19,26H2,1H3,(H,45,49)(H,46,50). The fourth-order valence-corrected chi connectivity index (χ4v) is 6.46. The van der Waals surface area contributed by atoms with Crippen LogP contribution in [0, 0.1) is 6.92 Å². The minimum atomic E-state index is -4.47. The van der Waals surface area contributed by atoms with Gasteiger partial charge in [-0.3, -0.25) is 19.5 Å². The molecule has 9 nitrogen and oxygen atoms in total. The SMILES string of the molecule is Cc1cc(NCCN2CCOCC2)cc(C(=O)Nc2ccc(N3CCCCC3)cc2-c2cc(C(=O)NCc3cccc(C(F)(F)F)c3)ccn2)c1. The van der Waals surface area contributed by atoms with Gasteiger partial charge in [-0.15, -0.1) is 0 Å². The van der Waals surface area contributed by atoms with Gasteiger partial charge < -0.3 is 25.6 Å². The first kappa shape index (κ1) is 35.9. The second-order valence-electron chi connectivity index (χ2n) is 13.0. The third-order valence-corrected chi connectivity index (χ3v) is 9.18. The number of amides is 2. The molecule has 3 heterocycles. The molecule has 3 aromatic carbocycles. The number of benzene rings is 3. The number of nitrogens with one attached hydrogen (secondary N) is 3. The molecule has 12 heteroatoms. The van der Waals surface area contributed by atoms with E-state index in [0.717, 1.165) is 94.4 Å². The van der Waals surface area contributed by atoms with Crippen LogP contribution in [0.25, 0.3) is 11.3 Å². The van der Waals surface area contributed by atoms with Gasteiger partial charge in [0.2, 0.25) is 0 Å². The highest BCUT2D eigenvalue weighted by molar-refractivity contribution is 6.07. The topological polar surface area (TPSA) is 98.8 Å². The number of aryl methyl sites for hydroxylation is 1. The molecule has 51 heavy (non-hydrogen) atoms. The minimum absolute atomic E-state index is 0.0767.